The van der Waals surface area contributed by atoms with Gasteiger partial charge in [-0.05, 0) is 50.9 Å². The molecule has 0 spiro atoms. The van der Waals surface area contributed by atoms with Crippen molar-refractivity contribution in [2.75, 3.05) is 13.7 Å². The van der Waals surface area contributed by atoms with E-state index in [1.54, 1.807) is 0 Å². The number of nitriles is 1. The van der Waals surface area contributed by atoms with Gasteiger partial charge in [0.1, 0.15) is 11.3 Å². The van der Waals surface area contributed by atoms with Crippen molar-refractivity contribution in [2.45, 2.75) is 38.8 Å². The second-order valence-corrected chi connectivity index (χ2v) is 5.42. The fourth-order valence-corrected chi connectivity index (χ4v) is 2.07. The molecule has 0 saturated carbocycles. The zero-order valence-corrected chi connectivity index (χ0v) is 11.4. The molecule has 0 aliphatic carbocycles. The Kier molecular flexibility index (Phi) is 3.58. The molecule has 3 heteroatoms. The molecule has 0 N–H and O–H groups in total. The third-order valence-corrected chi connectivity index (χ3v) is 3.62. The second kappa shape index (κ2) is 4.99. The molecule has 1 aliphatic rings. The monoisotopic (exact) mass is 244 g/mol. The first-order valence-electron chi connectivity index (χ1n) is 6.40. The molecule has 1 heterocycles. The summed E-state index contributed by atoms with van der Waals surface area (Å²) in [6.07, 6.45) is 2.19. The zero-order valence-electron chi connectivity index (χ0n) is 11.4. The van der Waals surface area contributed by atoms with Crippen molar-refractivity contribution in [1.29, 1.82) is 5.26 Å². The average molecular weight is 244 g/mol. The number of rotatable bonds is 3. The highest BCUT2D eigenvalue weighted by molar-refractivity contribution is 5.38. The second-order valence-electron chi connectivity index (χ2n) is 5.42. The van der Waals surface area contributed by atoms with Gasteiger partial charge in [0, 0.05) is 6.54 Å². The van der Waals surface area contributed by atoms with E-state index in [1.165, 1.54) is 11.1 Å². The van der Waals surface area contributed by atoms with Crippen LogP contribution in [0, 0.1) is 11.3 Å². The van der Waals surface area contributed by atoms with E-state index < -0.39 is 5.54 Å². The molecule has 0 aromatic heterocycles. The Hall–Kier alpha value is -1.53. The summed E-state index contributed by atoms with van der Waals surface area (Å²) in [6.45, 7) is 5.49. The van der Waals surface area contributed by atoms with Crippen LogP contribution in [-0.2, 0) is 13.0 Å². The predicted octanol–water partition coefficient (Wildman–Crippen LogP) is 2.75. The van der Waals surface area contributed by atoms with Crippen LogP contribution in [0.2, 0.25) is 0 Å². The van der Waals surface area contributed by atoms with Crippen molar-refractivity contribution in [3.63, 3.8) is 0 Å². The summed E-state index contributed by atoms with van der Waals surface area (Å²) in [5.74, 6) is 1.02. The van der Waals surface area contributed by atoms with Crippen LogP contribution in [0.5, 0.6) is 5.75 Å². The molecule has 3 nitrogen and oxygen atoms in total. The molecule has 1 aromatic rings. The maximum absolute atomic E-state index is 9.12. The predicted molar refractivity (Wildman–Crippen MR) is 71.4 cm³/mol. The largest absolute Gasteiger partial charge is 0.493 e. The quantitative estimate of drug-likeness (QED) is 0.820. The number of nitrogens with zero attached hydrogens (tertiary/aromatic N) is 2. The molecule has 1 aliphatic heterocycles. The maximum Gasteiger partial charge on any atom is 0.122 e. The van der Waals surface area contributed by atoms with E-state index in [4.69, 9.17) is 10.00 Å². The molecule has 0 radical (unpaired) electrons. The van der Waals surface area contributed by atoms with Crippen LogP contribution < -0.4 is 4.74 Å². The van der Waals surface area contributed by atoms with Crippen molar-refractivity contribution in [2.24, 2.45) is 0 Å². The van der Waals surface area contributed by atoms with Gasteiger partial charge >= 0.3 is 0 Å². The van der Waals surface area contributed by atoms with Crippen LogP contribution in [0.25, 0.3) is 0 Å². The first kappa shape index (κ1) is 12.9. The first-order chi connectivity index (χ1) is 8.53. The molecule has 0 saturated heterocycles. The number of hydrogen-bond donors (Lipinski definition) is 0. The Morgan fingerprint density at radius 2 is 2.22 bits per heavy atom. The number of benzene rings is 1. The summed E-state index contributed by atoms with van der Waals surface area (Å²) in [5.41, 5.74) is 2.10. The number of fused-ring (bicyclic) bond motifs is 1. The van der Waals surface area contributed by atoms with Crippen LogP contribution >= 0.6 is 0 Å². The summed E-state index contributed by atoms with van der Waals surface area (Å²) < 4.78 is 5.61. The molecule has 96 valence electrons. The maximum atomic E-state index is 9.12. The summed E-state index contributed by atoms with van der Waals surface area (Å²) >= 11 is 0. The van der Waals surface area contributed by atoms with Crippen molar-refractivity contribution < 1.29 is 4.74 Å². The third-order valence-electron chi connectivity index (χ3n) is 3.62. The number of hydrogen-bond acceptors (Lipinski definition) is 3. The van der Waals surface area contributed by atoms with E-state index in [9.17, 15) is 0 Å². The molecular formula is C15H20N2O. The van der Waals surface area contributed by atoms with E-state index in [0.29, 0.717) is 0 Å². The standard InChI is InChI=1S/C15H20N2O/c1-15(2,11-16)17(3)10-12-6-7-14-13(9-12)5-4-8-18-14/h6-7,9H,4-5,8,10H2,1-3H3. The van der Waals surface area contributed by atoms with Gasteiger partial charge in [-0.2, -0.15) is 5.26 Å². The van der Waals surface area contributed by atoms with Gasteiger partial charge in [0.2, 0.25) is 0 Å². The van der Waals surface area contributed by atoms with Gasteiger partial charge < -0.3 is 4.74 Å². The van der Waals surface area contributed by atoms with Crippen LogP contribution in [0.1, 0.15) is 31.4 Å². The van der Waals surface area contributed by atoms with Crippen LogP contribution in [0.3, 0.4) is 0 Å². The smallest absolute Gasteiger partial charge is 0.122 e. The lowest BCUT2D eigenvalue weighted by molar-refractivity contribution is 0.202. The fourth-order valence-electron chi connectivity index (χ4n) is 2.07. The lowest BCUT2D eigenvalue weighted by Gasteiger charge is -2.29. The highest BCUT2D eigenvalue weighted by atomic mass is 16.5. The molecule has 0 atom stereocenters. The lowest BCUT2D eigenvalue weighted by Crippen LogP contribution is -2.39. The molecule has 18 heavy (non-hydrogen) atoms. The fraction of sp³-hybridized carbons (Fsp3) is 0.533. The SMILES string of the molecule is CN(Cc1ccc2c(c1)CCCO2)C(C)(C)C#N. The molecule has 0 amide bonds. The minimum Gasteiger partial charge on any atom is -0.493 e. The lowest BCUT2D eigenvalue weighted by atomic mass is 10.0. The van der Waals surface area contributed by atoms with Gasteiger partial charge in [-0.15, -0.1) is 0 Å². The normalized spacial score (nSPS) is 14.8. The summed E-state index contributed by atoms with van der Waals surface area (Å²) in [7, 11) is 1.99. The Bertz CT molecular complexity index is 474. The van der Waals surface area contributed by atoms with E-state index in [2.05, 4.69) is 29.2 Å². The van der Waals surface area contributed by atoms with Gasteiger partial charge in [0.05, 0.1) is 12.7 Å². The van der Waals surface area contributed by atoms with Gasteiger partial charge in [-0.1, -0.05) is 12.1 Å². The minimum atomic E-state index is -0.438. The van der Waals surface area contributed by atoms with Crippen molar-refractivity contribution >= 4 is 0 Å². The summed E-state index contributed by atoms with van der Waals surface area (Å²) in [6, 6.07) is 8.68. The zero-order chi connectivity index (χ0) is 13.2. The highest BCUT2D eigenvalue weighted by Gasteiger charge is 2.23. The van der Waals surface area contributed by atoms with Crippen LogP contribution in [0.15, 0.2) is 18.2 Å². The number of aryl methyl sites for hydroxylation is 1. The van der Waals surface area contributed by atoms with Crippen molar-refractivity contribution in [3.05, 3.63) is 29.3 Å². The van der Waals surface area contributed by atoms with E-state index >= 15 is 0 Å². The molecule has 0 unspecified atom stereocenters. The molecule has 2 rings (SSSR count). The van der Waals surface area contributed by atoms with Gasteiger partial charge in [0.15, 0.2) is 0 Å². The minimum absolute atomic E-state index is 0.438. The topological polar surface area (TPSA) is 36.3 Å². The van der Waals surface area contributed by atoms with E-state index in [-0.39, 0.29) is 0 Å². The first-order valence-corrected chi connectivity index (χ1v) is 6.40. The van der Waals surface area contributed by atoms with Crippen molar-refractivity contribution in [1.82, 2.24) is 4.90 Å². The Morgan fingerprint density at radius 1 is 1.44 bits per heavy atom. The van der Waals surface area contributed by atoms with E-state index in [1.807, 2.05) is 20.9 Å². The molecule has 0 fully saturated rings. The van der Waals surface area contributed by atoms with Gasteiger partial charge in [-0.25, -0.2) is 0 Å². The summed E-state index contributed by atoms with van der Waals surface area (Å²) in [5, 5.41) is 9.12. The van der Waals surface area contributed by atoms with Crippen LogP contribution in [-0.4, -0.2) is 24.1 Å². The van der Waals surface area contributed by atoms with Crippen molar-refractivity contribution in [3.8, 4) is 11.8 Å². The number of ether oxygens (including phenoxy) is 1. The summed E-state index contributed by atoms with van der Waals surface area (Å²) in [4.78, 5) is 2.07. The highest BCUT2D eigenvalue weighted by Crippen LogP contribution is 2.26. The van der Waals surface area contributed by atoms with Gasteiger partial charge in [0.25, 0.3) is 0 Å². The Labute approximate surface area is 109 Å². The molecule has 1 aromatic carbocycles. The van der Waals surface area contributed by atoms with E-state index in [0.717, 1.165) is 31.7 Å². The third kappa shape index (κ3) is 2.65. The Morgan fingerprint density at radius 3 is 2.94 bits per heavy atom. The average Bonchev–Trinajstić information content (AvgIpc) is 2.38. The molecule has 0 bridgehead atoms. The Balaban J connectivity index is 2.13. The van der Waals surface area contributed by atoms with Crippen LogP contribution in [0.4, 0.5) is 0 Å². The van der Waals surface area contributed by atoms with Gasteiger partial charge in [-0.3, -0.25) is 4.90 Å². The molecular weight excluding hydrogens is 224 g/mol.